The molecule has 38 valence electrons. The minimum atomic E-state index is 0. The van der Waals surface area contributed by atoms with E-state index >= 15 is 0 Å². The SMILES string of the molecule is [Fe].[c-]1ncccn1. The predicted molar refractivity (Wildman–Crippen MR) is 20.9 cm³/mol. The third-order valence-electron chi connectivity index (χ3n) is 0.437. The molecule has 0 bridgehead atoms. The van der Waals surface area contributed by atoms with E-state index in [-0.39, 0.29) is 17.1 Å². The first-order valence-electron chi connectivity index (χ1n) is 1.63. The van der Waals surface area contributed by atoms with Crippen LogP contribution in [0.3, 0.4) is 0 Å². The summed E-state index contributed by atoms with van der Waals surface area (Å²) in [5.74, 6) is 0. The van der Waals surface area contributed by atoms with Crippen molar-refractivity contribution in [3.8, 4) is 0 Å². The molecular weight excluding hydrogens is 132 g/mol. The van der Waals surface area contributed by atoms with Crippen molar-refractivity contribution in [3.63, 3.8) is 0 Å². The summed E-state index contributed by atoms with van der Waals surface area (Å²) in [6, 6.07) is 1.75. The van der Waals surface area contributed by atoms with Gasteiger partial charge < -0.3 is 9.97 Å². The molecule has 3 heteroatoms. The number of hydrogen-bond donors (Lipinski definition) is 0. The van der Waals surface area contributed by atoms with E-state index in [0.717, 1.165) is 0 Å². The molecule has 0 saturated carbocycles. The summed E-state index contributed by atoms with van der Waals surface area (Å²) in [4.78, 5) is 7.10. The molecule has 0 N–H and O–H groups in total. The topological polar surface area (TPSA) is 25.8 Å². The van der Waals surface area contributed by atoms with E-state index in [2.05, 4.69) is 16.3 Å². The molecule has 0 aliphatic rings. The molecule has 0 saturated heterocycles. The molecule has 1 heterocycles. The molecular formula is C4H3FeN2-. The summed E-state index contributed by atoms with van der Waals surface area (Å²) in [5, 5.41) is 0. The second-order valence-corrected chi connectivity index (χ2v) is 0.849. The van der Waals surface area contributed by atoms with Crippen molar-refractivity contribution in [2.75, 3.05) is 0 Å². The molecule has 0 unspecified atom stereocenters. The Kier molecular flexibility index (Phi) is 3.56. The molecule has 0 aliphatic heterocycles. The van der Waals surface area contributed by atoms with Gasteiger partial charge in [-0.25, -0.2) is 0 Å². The first-order valence-corrected chi connectivity index (χ1v) is 1.63. The van der Waals surface area contributed by atoms with Crippen LogP contribution < -0.4 is 0 Å². The third-order valence-corrected chi connectivity index (χ3v) is 0.437. The van der Waals surface area contributed by atoms with E-state index in [1.54, 1.807) is 18.5 Å². The maximum atomic E-state index is 3.55. The summed E-state index contributed by atoms with van der Waals surface area (Å²) >= 11 is 0. The van der Waals surface area contributed by atoms with Crippen molar-refractivity contribution in [1.82, 2.24) is 9.97 Å². The van der Waals surface area contributed by atoms with Gasteiger partial charge in [-0.3, -0.25) is 0 Å². The van der Waals surface area contributed by atoms with Gasteiger partial charge in [0.25, 0.3) is 0 Å². The quantitative estimate of drug-likeness (QED) is 0.377. The van der Waals surface area contributed by atoms with E-state index in [0.29, 0.717) is 0 Å². The molecule has 1 aromatic heterocycles. The number of nitrogens with zero attached hydrogens (tertiary/aromatic N) is 2. The summed E-state index contributed by atoms with van der Waals surface area (Å²) in [5.41, 5.74) is 0. The second kappa shape index (κ2) is 3.78. The first-order chi connectivity index (χ1) is 3.00. The van der Waals surface area contributed by atoms with Crippen molar-refractivity contribution < 1.29 is 17.1 Å². The van der Waals surface area contributed by atoms with Gasteiger partial charge >= 0.3 is 0 Å². The van der Waals surface area contributed by atoms with Crippen molar-refractivity contribution in [2.45, 2.75) is 0 Å². The average Bonchev–Trinajstić information content (AvgIpc) is 1.72. The van der Waals surface area contributed by atoms with Crippen LogP contribution in [0.5, 0.6) is 0 Å². The van der Waals surface area contributed by atoms with Crippen molar-refractivity contribution >= 4 is 0 Å². The molecule has 0 amide bonds. The van der Waals surface area contributed by atoms with Crippen molar-refractivity contribution in [3.05, 3.63) is 24.8 Å². The zero-order chi connectivity index (χ0) is 4.24. The molecule has 0 aromatic carbocycles. The fourth-order valence-electron chi connectivity index (χ4n) is 0.225. The van der Waals surface area contributed by atoms with Gasteiger partial charge in [0, 0.05) is 23.4 Å². The van der Waals surface area contributed by atoms with Crippen LogP contribution in [0.1, 0.15) is 0 Å². The number of aromatic nitrogens is 2. The Morgan fingerprint density at radius 3 is 1.86 bits per heavy atom. The van der Waals surface area contributed by atoms with Gasteiger partial charge in [-0.1, -0.05) is 12.4 Å². The molecule has 0 radical (unpaired) electrons. The molecule has 1 rings (SSSR count). The Labute approximate surface area is 52.5 Å². The Balaban J connectivity index is 0.000000360. The van der Waals surface area contributed by atoms with Crippen LogP contribution >= 0.6 is 0 Å². The Bertz CT molecular complexity index is 81.6. The average molecular weight is 135 g/mol. The van der Waals surface area contributed by atoms with Gasteiger partial charge in [-0.15, -0.1) is 6.07 Å². The van der Waals surface area contributed by atoms with Crippen LogP contribution in [0.4, 0.5) is 0 Å². The minimum absolute atomic E-state index is 0. The standard InChI is InChI=1S/C4H3N2.Fe/c1-2-5-4-6-3-1;/h1-3H;/q-1;. The van der Waals surface area contributed by atoms with Gasteiger partial charge in [0.2, 0.25) is 0 Å². The fraction of sp³-hybridized carbons (Fsp3) is 0. The first kappa shape index (κ1) is 6.60. The van der Waals surface area contributed by atoms with Gasteiger partial charge in [-0.05, 0) is 0 Å². The maximum absolute atomic E-state index is 3.55. The molecule has 2 nitrogen and oxygen atoms in total. The molecule has 1 aromatic rings. The monoisotopic (exact) mass is 135 g/mol. The minimum Gasteiger partial charge on any atom is -0.374 e. The third kappa shape index (κ3) is 2.31. The Hall–Kier alpha value is -0.401. The molecule has 0 fully saturated rings. The van der Waals surface area contributed by atoms with Crippen LogP contribution in [-0.4, -0.2) is 9.97 Å². The second-order valence-electron chi connectivity index (χ2n) is 0.849. The van der Waals surface area contributed by atoms with Gasteiger partial charge in [0.15, 0.2) is 0 Å². The van der Waals surface area contributed by atoms with Crippen molar-refractivity contribution in [2.24, 2.45) is 0 Å². The van der Waals surface area contributed by atoms with Crippen LogP contribution in [0.2, 0.25) is 0 Å². The molecule has 0 atom stereocenters. The number of hydrogen-bond acceptors (Lipinski definition) is 2. The normalized spacial score (nSPS) is 6.86. The predicted octanol–water partition coefficient (Wildman–Crippen LogP) is 0.274. The van der Waals surface area contributed by atoms with Crippen LogP contribution in [-0.2, 0) is 17.1 Å². The van der Waals surface area contributed by atoms with E-state index in [4.69, 9.17) is 0 Å². The van der Waals surface area contributed by atoms with E-state index in [1.165, 1.54) is 0 Å². The van der Waals surface area contributed by atoms with Crippen LogP contribution in [0.15, 0.2) is 18.5 Å². The smallest absolute Gasteiger partial charge is 0.0213 e. The Morgan fingerprint density at radius 1 is 1.14 bits per heavy atom. The summed E-state index contributed by atoms with van der Waals surface area (Å²) < 4.78 is 0. The van der Waals surface area contributed by atoms with Crippen LogP contribution in [0.25, 0.3) is 0 Å². The maximum Gasteiger partial charge on any atom is 0.0213 e. The zero-order valence-corrected chi connectivity index (χ0v) is 4.58. The van der Waals surface area contributed by atoms with Crippen molar-refractivity contribution in [1.29, 1.82) is 0 Å². The van der Waals surface area contributed by atoms with Gasteiger partial charge in [0.1, 0.15) is 0 Å². The van der Waals surface area contributed by atoms with E-state index in [9.17, 15) is 0 Å². The van der Waals surface area contributed by atoms with Gasteiger partial charge in [-0.2, -0.15) is 0 Å². The van der Waals surface area contributed by atoms with E-state index in [1.807, 2.05) is 0 Å². The van der Waals surface area contributed by atoms with E-state index < -0.39 is 0 Å². The van der Waals surface area contributed by atoms with Gasteiger partial charge in [0.05, 0.1) is 0 Å². The number of rotatable bonds is 0. The molecule has 0 spiro atoms. The largest absolute Gasteiger partial charge is 0.374 e. The molecule has 7 heavy (non-hydrogen) atoms. The summed E-state index contributed by atoms with van der Waals surface area (Å²) in [6.07, 6.45) is 5.66. The molecule has 0 aliphatic carbocycles. The Morgan fingerprint density at radius 2 is 1.71 bits per heavy atom. The van der Waals surface area contributed by atoms with Crippen LogP contribution in [0, 0.1) is 6.33 Å². The summed E-state index contributed by atoms with van der Waals surface area (Å²) in [6.45, 7) is 0. The summed E-state index contributed by atoms with van der Waals surface area (Å²) in [7, 11) is 0. The fourth-order valence-corrected chi connectivity index (χ4v) is 0.225. The zero-order valence-electron chi connectivity index (χ0n) is 3.48.